The molecule has 0 bridgehead atoms. The highest BCUT2D eigenvalue weighted by Crippen LogP contribution is 2.15. The van der Waals surface area contributed by atoms with Gasteiger partial charge in [0.05, 0.1) is 12.3 Å². The standard InChI is InChI=1S/C19H15N3O4S/c1-2-25-16-5-3-13(4-6-16)9-14(11-20)18(24)26-12-15-10-17(23)22-7-8-27-19(22)21-15/h3-10H,2,12H2,1H3/b14-9+. The Balaban J connectivity index is 1.70. The number of fused-ring (bicyclic) bond motifs is 1. The second-order valence-electron chi connectivity index (χ2n) is 5.39. The summed E-state index contributed by atoms with van der Waals surface area (Å²) in [4.78, 5) is 28.9. The molecule has 0 unspecified atom stereocenters. The molecule has 3 rings (SSSR count). The number of esters is 1. The minimum Gasteiger partial charge on any atom is -0.494 e. The smallest absolute Gasteiger partial charge is 0.349 e. The lowest BCUT2D eigenvalue weighted by Crippen LogP contribution is -2.15. The molecule has 2 aromatic heterocycles. The van der Waals surface area contributed by atoms with Gasteiger partial charge in [0.15, 0.2) is 4.96 Å². The second-order valence-corrected chi connectivity index (χ2v) is 6.26. The monoisotopic (exact) mass is 381 g/mol. The Hall–Kier alpha value is -3.44. The Kier molecular flexibility index (Phi) is 5.64. The van der Waals surface area contributed by atoms with E-state index in [1.807, 2.05) is 13.0 Å². The molecule has 0 atom stereocenters. The zero-order valence-corrected chi connectivity index (χ0v) is 15.2. The summed E-state index contributed by atoms with van der Waals surface area (Å²) in [7, 11) is 0. The van der Waals surface area contributed by atoms with Crippen LogP contribution in [0.15, 0.2) is 52.3 Å². The summed E-state index contributed by atoms with van der Waals surface area (Å²) in [6.07, 6.45) is 3.06. The predicted molar refractivity (Wildman–Crippen MR) is 100 cm³/mol. The van der Waals surface area contributed by atoms with Crippen LogP contribution >= 0.6 is 11.3 Å². The van der Waals surface area contributed by atoms with Crippen LogP contribution in [0.5, 0.6) is 5.75 Å². The highest BCUT2D eigenvalue weighted by molar-refractivity contribution is 7.15. The van der Waals surface area contributed by atoms with Gasteiger partial charge in [0.25, 0.3) is 5.56 Å². The fourth-order valence-electron chi connectivity index (χ4n) is 2.31. The van der Waals surface area contributed by atoms with Gasteiger partial charge in [-0.1, -0.05) is 12.1 Å². The highest BCUT2D eigenvalue weighted by atomic mass is 32.1. The number of ether oxygens (including phenoxy) is 2. The lowest BCUT2D eigenvalue weighted by atomic mass is 10.1. The molecule has 2 heterocycles. The molecule has 0 spiro atoms. The zero-order valence-electron chi connectivity index (χ0n) is 14.4. The molecule has 0 saturated carbocycles. The number of hydrogen-bond donors (Lipinski definition) is 0. The number of nitriles is 1. The van der Waals surface area contributed by atoms with Crippen LogP contribution in [0.2, 0.25) is 0 Å². The van der Waals surface area contributed by atoms with E-state index < -0.39 is 5.97 Å². The molecule has 136 valence electrons. The molecular formula is C19H15N3O4S. The normalized spacial score (nSPS) is 11.2. The number of rotatable bonds is 6. The van der Waals surface area contributed by atoms with E-state index in [9.17, 15) is 14.9 Å². The maximum atomic E-state index is 12.2. The van der Waals surface area contributed by atoms with Crippen molar-refractivity contribution in [3.8, 4) is 11.8 Å². The van der Waals surface area contributed by atoms with Gasteiger partial charge in [-0.3, -0.25) is 9.20 Å². The van der Waals surface area contributed by atoms with E-state index in [2.05, 4.69) is 4.98 Å². The molecular weight excluding hydrogens is 366 g/mol. The predicted octanol–water partition coefficient (Wildman–Crippen LogP) is 2.81. The number of hydrogen-bond acceptors (Lipinski definition) is 7. The third-order valence-corrected chi connectivity index (χ3v) is 4.31. The molecule has 0 aliphatic carbocycles. The minimum atomic E-state index is -0.778. The Morgan fingerprint density at radius 1 is 1.37 bits per heavy atom. The van der Waals surface area contributed by atoms with Crippen LogP contribution in [-0.2, 0) is 16.1 Å². The third-order valence-electron chi connectivity index (χ3n) is 3.55. The highest BCUT2D eigenvalue weighted by Gasteiger charge is 2.12. The summed E-state index contributed by atoms with van der Waals surface area (Å²) in [5, 5.41) is 11.0. The topological polar surface area (TPSA) is 93.7 Å². The van der Waals surface area contributed by atoms with Gasteiger partial charge in [-0.15, -0.1) is 11.3 Å². The molecule has 0 saturated heterocycles. The molecule has 1 aromatic carbocycles. The number of benzene rings is 1. The molecule has 0 radical (unpaired) electrons. The number of carbonyl (C=O) groups is 1. The first-order chi connectivity index (χ1) is 13.1. The van der Waals surface area contributed by atoms with E-state index >= 15 is 0 Å². The molecule has 27 heavy (non-hydrogen) atoms. The van der Waals surface area contributed by atoms with E-state index in [0.29, 0.717) is 28.6 Å². The van der Waals surface area contributed by atoms with E-state index in [4.69, 9.17) is 9.47 Å². The number of carbonyl (C=O) groups excluding carboxylic acids is 1. The summed E-state index contributed by atoms with van der Waals surface area (Å²) in [5.74, 6) is -0.0726. The minimum absolute atomic E-state index is 0.145. The van der Waals surface area contributed by atoms with Crippen molar-refractivity contribution < 1.29 is 14.3 Å². The average Bonchev–Trinajstić information content (AvgIpc) is 3.15. The molecule has 7 nitrogen and oxygen atoms in total. The Morgan fingerprint density at radius 3 is 2.85 bits per heavy atom. The van der Waals surface area contributed by atoms with Gasteiger partial charge in [-0.2, -0.15) is 5.26 Å². The van der Waals surface area contributed by atoms with Gasteiger partial charge < -0.3 is 9.47 Å². The van der Waals surface area contributed by atoms with Gasteiger partial charge in [-0.05, 0) is 30.7 Å². The quantitative estimate of drug-likeness (QED) is 0.370. The molecule has 3 aromatic rings. The van der Waals surface area contributed by atoms with Gasteiger partial charge in [0.2, 0.25) is 0 Å². The second kappa shape index (κ2) is 8.29. The van der Waals surface area contributed by atoms with Crippen molar-refractivity contribution in [3.63, 3.8) is 0 Å². The van der Waals surface area contributed by atoms with Crippen molar-refractivity contribution in [1.29, 1.82) is 5.26 Å². The molecule has 0 fully saturated rings. The average molecular weight is 381 g/mol. The largest absolute Gasteiger partial charge is 0.494 e. The zero-order chi connectivity index (χ0) is 19.2. The Bertz CT molecular complexity index is 1090. The summed E-state index contributed by atoms with van der Waals surface area (Å²) in [5.41, 5.74) is 0.600. The number of nitrogens with zero attached hydrogens (tertiary/aromatic N) is 3. The molecule has 0 aliphatic heterocycles. The van der Waals surface area contributed by atoms with Crippen LogP contribution in [0, 0.1) is 11.3 Å². The van der Waals surface area contributed by atoms with Crippen LogP contribution in [0.1, 0.15) is 18.2 Å². The Morgan fingerprint density at radius 2 is 2.15 bits per heavy atom. The van der Waals surface area contributed by atoms with Crippen molar-refractivity contribution in [1.82, 2.24) is 9.38 Å². The van der Waals surface area contributed by atoms with Crippen LogP contribution in [0.4, 0.5) is 0 Å². The first-order valence-corrected chi connectivity index (χ1v) is 8.96. The maximum absolute atomic E-state index is 12.2. The maximum Gasteiger partial charge on any atom is 0.349 e. The van der Waals surface area contributed by atoms with Crippen LogP contribution in [0.25, 0.3) is 11.0 Å². The molecule has 8 heteroatoms. The summed E-state index contributed by atoms with van der Waals surface area (Å²) in [6.45, 7) is 2.25. The van der Waals surface area contributed by atoms with Crippen molar-refractivity contribution in [2.24, 2.45) is 0 Å². The third kappa shape index (κ3) is 4.40. The lowest BCUT2D eigenvalue weighted by Gasteiger charge is -2.05. The van der Waals surface area contributed by atoms with Crippen LogP contribution in [-0.4, -0.2) is 22.0 Å². The fraction of sp³-hybridized carbons (Fsp3) is 0.158. The van der Waals surface area contributed by atoms with Crippen LogP contribution < -0.4 is 10.3 Å². The fourth-order valence-corrected chi connectivity index (χ4v) is 3.05. The molecule has 0 aliphatic rings. The van der Waals surface area contributed by atoms with Crippen molar-refractivity contribution in [2.45, 2.75) is 13.5 Å². The summed E-state index contributed by atoms with van der Waals surface area (Å²) < 4.78 is 11.9. The van der Waals surface area contributed by atoms with E-state index in [-0.39, 0.29) is 17.7 Å². The first-order valence-electron chi connectivity index (χ1n) is 8.08. The number of thiazole rings is 1. The van der Waals surface area contributed by atoms with Crippen LogP contribution in [0.3, 0.4) is 0 Å². The molecule has 0 N–H and O–H groups in total. The van der Waals surface area contributed by atoms with Gasteiger partial charge in [0, 0.05) is 17.6 Å². The summed E-state index contributed by atoms with van der Waals surface area (Å²) in [6, 6.07) is 10.1. The van der Waals surface area contributed by atoms with Crippen molar-refractivity contribution in [3.05, 3.63) is 69.1 Å². The van der Waals surface area contributed by atoms with E-state index in [1.165, 1.54) is 27.9 Å². The SMILES string of the molecule is CCOc1ccc(/C=C(\C#N)C(=O)OCc2cc(=O)n3ccsc3n2)cc1. The first kappa shape index (κ1) is 18.4. The van der Waals surface area contributed by atoms with Gasteiger partial charge in [0.1, 0.15) is 24.0 Å². The van der Waals surface area contributed by atoms with E-state index in [0.717, 1.165) is 0 Å². The van der Waals surface area contributed by atoms with Crippen molar-refractivity contribution in [2.75, 3.05) is 6.61 Å². The molecule has 0 amide bonds. The van der Waals surface area contributed by atoms with Gasteiger partial charge in [-0.25, -0.2) is 9.78 Å². The van der Waals surface area contributed by atoms with Gasteiger partial charge >= 0.3 is 5.97 Å². The summed E-state index contributed by atoms with van der Waals surface area (Å²) >= 11 is 1.30. The lowest BCUT2D eigenvalue weighted by molar-refractivity contribution is -0.139. The number of aromatic nitrogens is 2. The van der Waals surface area contributed by atoms with E-state index in [1.54, 1.807) is 35.8 Å². The van der Waals surface area contributed by atoms with Crippen molar-refractivity contribution >= 4 is 28.3 Å². The Labute approximate surface area is 158 Å².